The molecule has 1 saturated heterocycles. The molecule has 0 saturated carbocycles. The molecule has 1 fully saturated rings. The van der Waals surface area contributed by atoms with E-state index in [-0.39, 0.29) is 24.5 Å². The summed E-state index contributed by atoms with van der Waals surface area (Å²) in [5.41, 5.74) is 6.86. The minimum atomic E-state index is -0.309. The van der Waals surface area contributed by atoms with Crippen LogP contribution in [0.25, 0.3) is 0 Å². The number of hydrogen-bond acceptors (Lipinski definition) is 6. The summed E-state index contributed by atoms with van der Waals surface area (Å²) in [6.07, 6.45) is -0.0304. The molecule has 2 N–H and O–H groups in total. The number of aromatic nitrogens is 1. The summed E-state index contributed by atoms with van der Waals surface area (Å²) in [5.74, 6) is 0.351. The quantitative estimate of drug-likeness (QED) is 0.868. The van der Waals surface area contributed by atoms with Gasteiger partial charge in [0.1, 0.15) is 5.01 Å². The third kappa shape index (κ3) is 4.67. The molecule has 1 aliphatic heterocycles. The van der Waals surface area contributed by atoms with Crippen LogP contribution in [0, 0.1) is 5.92 Å². The lowest BCUT2D eigenvalue weighted by atomic mass is 10.1. The van der Waals surface area contributed by atoms with Crippen molar-refractivity contribution in [3.8, 4) is 0 Å². The first-order chi connectivity index (χ1) is 11.4. The SMILES string of the molecule is CCOC(=O)N1CCN(C(=O)Cc2csc(C(N)C(C)C)n2)CC1. The van der Waals surface area contributed by atoms with Crippen molar-refractivity contribution in [2.45, 2.75) is 33.2 Å². The maximum Gasteiger partial charge on any atom is 0.409 e. The van der Waals surface area contributed by atoms with E-state index in [0.29, 0.717) is 38.7 Å². The molecule has 0 radical (unpaired) electrons. The van der Waals surface area contributed by atoms with Gasteiger partial charge in [-0.2, -0.15) is 0 Å². The van der Waals surface area contributed by atoms with E-state index in [2.05, 4.69) is 18.8 Å². The van der Waals surface area contributed by atoms with E-state index in [0.717, 1.165) is 10.7 Å². The minimum absolute atomic E-state index is 0.0356. The molecule has 1 aromatic heterocycles. The van der Waals surface area contributed by atoms with Crippen molar-refractivity contribution in [1.82, 2.24) is 14.8 Å². The fourth-order valence-electron chi connectivity index (χ4n) is 2.46. The van der Waals surface area contributed by atoms with E-state index < -0.39 is 0 Å². The zero-order chi connectivity index (χ0) is 17.7. The van der Waals surface area contributed by atoms with Crippen molar-refractivity contribution in [3.05, 3.63) is 16.1 Å². The van der Waals surface area contributed by atoms with E-state index in [1.165, 1.54) is 11.3 Å². The first-order valence-electron chi connectivity index (χ1n) is 8.31. The van der Waals surface area contributed by atoms with Gasteiger partial charge in [-0.3, -0.25) is 4.79 Å². The van der Waals surface area contributed by atoms with Crippen LogP contribution >= 0.6 is 11.3 Å². The third-order valence-corrected chi connectivity index (χ3v) is 5.06. The third-order valence-electron chi connectivity index (χ3n) is 4.06. The Bertz CT molecular complexity index is 567. The van der Waals surface area contributed by atoms with Gasteiger partial charge in [0.2, 0.25) is 5.91 Å². The van der Waals surface area contributed by atoms with Gasteiger partial charge in [0.05, 0.1) is 24.8 Å². The summed E-state index contributed by atoms with van der Waals surface area (Å²) >= 11 is 1.51. The normalized spacial score (nSPS) is 16.4. The van der Waals surface area contributed by atoms with Crippen LogP contribution in [0.2, 0.25) is 0 Å². The Hall–Kier alpha value is -1.67. The molecule has 2 heterocycles. The molecule has 134 valence electrons. The van der Waals surface area contributed by atoms with Gasteiger partial charge < -0.3 is 20.3 Å². The number of thiazole rings is 1. The number of nitrogens with two attached hydrogens (primary N) is 1. The molecule has 24 heavy (non-hydrogen) atoms. The van der Waals surface area contributed by atoms with Crippen molar-refractivity contribution >= 4 is 23.3 Å². The molecule has 0 bridgehead atoms. The van der Waals surface area contributed by atoms with E-state index in [1.807, 2.05) is 5.38 Å². The molecular formula is C16H26N4O3S. The predicted octanol–water partition coefficient (Wildman–Crippen LogP) is 1.64. The average molecular weight is 354 g/mol. The fraction of sp³-hybridized carbons (Fsp3) is 0.688. The zero-order valence-electron chi connectivity index (χ0n) is 14.5. The monoisotopic (exact) mass is 354 g/mol. The Morgan fingerprint density at radius 1 is 1.29 bits per heavy atom. The standard InChI is InChI=1S/C16H26N4O3S/c1-4-23-16(22)20-7-5-19(6-8-20)13(21)9-12-10-24-15(18-12)14(17)11(2)3/h10-11,14H,4-9,17H2,1-3H3. The summed E-state index contributed by atoms with van der Waals surface area (Å²) in [4.78, 5) is 32.0. The Kier molecular flexibility index (Phi) is 6.56. The second-order valence-corrected chi connectivity index (χ2v) is 7.08. The molecule has 8 heteroatoms. The van der Waals surface area contributed by atoms with Gasteiger partial charge >= 0.3 is 6.09 Å². The van der Waals surface area contributed by atoms with Crippen LogP contribution < -0.4 is 5.73 Å². The highest BCUT2D eigenvalue weighted by molar-refractivity contribution is 7.09. The van der Waals surface area contributed by atoms with E-state index in [1.54, 1.807) is 16.7 Å². The van der Waals surface area contributed by atoms with Gasteiger partial charge in [0, 0.05) is 31.6 Å². The number of piperazine rings is 1. The molecular weight excluding hydrogens is 328 g/mol. The molecule has 0 aromatic carbocycles. The highest BCUT2D eigenvalue weighted by Gasteiger charge is 2.25. The summed E-state index contributed by atoms with van der Waals surface area (Å²) in [7, 11) is 0. The molecule has 2 rings (SSSR count). The predicted molar refractivity (Wildman–Crippen MR) is 92.8 cm³/mol. The zero-order valence-corrected chi connectivity index (χ0v) is 15.3. The first-order valence-corrected chi connectivity index (χ1v) is 9.19. The van der Waals surface area contributed by atoms with Gasteiger partial charge in [-0.25, -0.2) is 9.78 Å². The van der Waals surface area contributed by atoms with E-state index in [9.17, 15) is 9.59 Å². The maximum atomic E-state index is 12.4. The summed E-state index contributed by atoms with van der Waals surface area (Å²) < 4.78 is 4.98. The summed E-state index contributed by atoms with van der Waals surface area (Å²) in [6.45, 7) is 8.32. The number of nitrogens with zero attached hydrogens (tertiary/aromatic N) is 3. The number of rotatable bonds is 5. The fourth-order valence-corrected chi connectivity index (χ4v) is 3.45. The summed E-state index contributed by atoms with van der Waals surface area (Å²) in [6, 6.07) is -0.0908. The number of ether oxygens (including phenoxy) is 1. The van der Waals surface area contributed by atoms with Crippen molar-refractivity contribution in [2.24, 2.45) is 11.7 Å². The van der Waals surface area contributed by atoms with Gasteiger partial charge in [-0.15, -0.1) is 11.3 Å². The van der Waals surface area contributed by atoms with Crippen LogP contribution in [-0.4, -0.2) is 59.6 Å². The van der Waals surface area contributed by atoms with Crippen LogP contribution in [0.4, 0.5) is 4.79 Å². The minimum Gasteiger partial charge on any atom is -0.450 e. The molecule has 0 spiro atoms. The van der Waals surface area contributed by atoms with Crippen molar-refractivity contribution in [3.63, 3.8) is 0 Å². The van der Waals surface area contributed by atoms with Gasteiger partial charge in [0.15, 0.2) is 0 Å². The Morgan fingerprint density at radius 2 is 1.92 bits per heavy atom. The van der Waals surface area contributed by atoms with Crippen LogP contribution in [0.5, 0.6) is 0 Å². The lowest BCUT2D eigenvalue weighted by Gasteiger charge is -2.34. The van der Waals surface area contributed by atoms with Gasteiger partial charge in [-0.1, -0.05) is 13.8 Å². The summed E-state index contributed by atoms with van der Waals surface area (Å²) in [5, 5.41) is 2.78. The highest BCUT2D eigenvalue weighted by Crippen LogP contribution is 2.23. The van der Waals surface area contributed by atoms with Crippen molar-refractivity contribution in [2.75, 3.05) is 32.8 Å². The number of carbonyl (C=O) groups is 2. The van der Waals surface area contributed by atoms with Crippen LogP contribution in [0.3, 0.4) is 0 Å². The Morgan fingerprint density at radius 3 is 2.50 bits per heavy atom. The van der Waals surface area contributed by atoms with Crippen LogP contribution in [0.15, 0.2) is 5.38 Å². The molecule has 1 unspecified atom stereocenters. The Labute approximate surface area is 146 Å². The molecule has 7 nitrogen and oxygen atoms in total. The van der Waals surface area contributed by atoms with E-state index in [4.69, 9.17) is 10.5 Å². The van der Waals surface area contributed by atoms with Crippen LogP contribution in [-0.2, 0) is 16.0 Å². The number of amides is 2. The number of hydrogen-bond donors (Lipinski definition) is 1. The molecule has 0 aliphatic carbocycles. The maximum absolute atomic E-state index is 12.4. The molecule has 1 aromatic rings. The number of carbonyl (C=O) groups excluding carboxylic acids is 2. The molecule has 2 amide bonds. The van der Waals surface area contributed by atoms with E-state index >= 15 is 0 Å². The van der Waals surface area contributed by atoms with Gasteiger partial charge in [0.25, 0.3) is 0 Å². The second kappa shape index (κ2) is 8.43. The van der Waals surface area contributed by atoms with Crippen molar-refractivity contribution < 1.29 is 14.3 Å². The lowest BCUT2D eigenvalue weighted by Crippen LogP contribution is -2.51. The van der Waals surface area contributed by atoms with Crippen LogP contribution in [0.1, 0.15) is 37.5 Å². The molecule has 1 aliphatic rings. The topological polar surface area (TPSA) is 88.8 Å². The molecule has 1 atom stereocenters. The van der Waals surface area contributed by atoms with Crippen molar-refractivity contribution in [1.29, 1.82) is 0 Å². The lowest BCUT2D eigenvalue weighted by molar-refractivity contribution is -0.132. The Balaban J connectivity index is 1.85. The van der Waals surface area contributed by atoms with Gasteiger partial charge in [-0.05, 0) is 12.8 Å². The average Bonchev–Trinajstić information content (AvgIpc) is 3.02. The largest absolute Gasteiger partial charge is 0.450 e. The first kappa shape index (κ1) is 18.7. The highest BCUT2D eigenvalue weighted by atomic mass is 32.1. The second-order valence-electron chi connectivity index (χ2n) is 6.19. The smallest absolute Gasteiger partial charge is 0.409 e.